The predicted molar refractivity (Wildman–Crippen MR) is 198 cm³/mol. The maximum absolute atomic E-state index is 13.0. The molecule has 1 fully saturated rings. The SMILES string of the molecule is CC(C)(CNC(=O)C(=O)Nc1ccccc1-n1cccn1)CNC(=O)c1ccc(Nc2nc(NC3(c4ccc(Cl)cc4)CC3)nc(OCC(F)(F)F)n2)cc1. The molecular weight excluding hydrogens is 741 g/mol. The highest BCUT2D eigenvalue weighted by Gasteiger charge is 2.45. The smallest absolute Gasteiger partial charge is 0.422 e. The van der Waals surface area contributed by atoms with Crippen LogP contribution in [0.3, 0.4) is 0 Å². The van der Waals surface area contributed by atoms with Gasteiger partial charge in [0.15, 0.2) is 6.61 Å². The molecule has 6 rings (SSSR count). The second kappa shape index (κ2) is 16.0. The van der Waals surface area contributed by atoms with Crippen molar-refractivity contribution in [3.8, 4) is 11.7 Å². The largest absolute Gasteiger partial charge is 0.454 e. The molecule has 18 heteroatoms. The molecule has 3 aromatic carbocycles. The van der Waals surface area contributed by atoms with E-state index in [4.69, 9.17) is 16.3 Å². The molecule has 0 saturated heterocycles. The van der Waals surface area contributed by atoms with E-state index in [0.717, 1.165) is 18.4 Å². The Kier molecular flexibility index (Phi) is 11.2. The molecule has 1 saturated carbocycles. The van der Waals surface area contributed by atoms with Gasteiger partial charge in [0, 0.05) is 41.8 Å². The number of nitrogens with one attached hydrogen (secondary N) is 5. The van der Waals surface area contributed by atoms with Gasteiger partial charge in [0.05, 0.1) is 16.9 Å². The lowest BCUT2D eigenvalue weighted by atomic mass is 9.93. The van der Waals surface area contributed by atoms with Crippen LogP contribution in [0.15, 0.2) is 91.3 Å². The van der Waals surface area contributed by atoms with Gasteiger partial charge in [0.1, 0.15) is 0 Å². The fourth-order valence-electron chi connectivity index (χ4n) is 5.36. The number of para-hydroxylation sites is 2. The number of hydrogen-bond donors (Lipinski definition) is 5. The summed E-state index contributed by atoms with van der Waals surface area (Å²) in [5.74, 6) is -2.17. The minimum absolute atomic E-state index is 0.00767. The number of halogens is 4. The number of nitrogens with zero attached hydrogens (tertiary/aromatic N) is 5. The standard InChI is InChI=1S/C37H36ClF3N10O4/c1-35(2,21-43-30(53)31(54)46-27-6-3-4-7-28(27)51-19-5-18-44-51)20-42-29(52)23-8-14-26(15-9-23)45-32-47-33(49-34(48-32)55-22-37(39,40)41)50-36(16-17-36)24-10-12-25(38)13-11-24/h3-15,18-19H,16-17,20-22H2,1-2H3,(H,42,52)(H,43,53)(H,46,54)(H2,45,47,48,49,50). The van der Waals surface area contributed by atoms with Crippen LogP contribution < -0.4 is 31.3 Å². The number of carbonyl (C=O) groups excluding carboxylic acids is 3. The van der Waals surface area contributed by atoms with E-state index < -0.39 is 47.5 Å². The van der Waals surface area contributed by atoms with Crippen LogP contribution in [0.4, 0.5) is 36.4 Å². The van der Waals surface area contributed by atoms with Gasteiger partial charge in [-0.3, -0.25) is 14.4 Å². The second-order valence-electron chi connectivity index (χ2n) is 13.5. The molecule has 2 heterocycles. The Morgan fingerprint density at radius 1 is 0.855 bits per heavy atom. The number of anilines is 4. The monoisotopic (exact) mass is 776 g/mol. The van der Waals surface area contributed by atoms with Crippen molar-refractivity contribution in [2.24, 2.45) is 5.41 Å². The average molecular weight is 777 g/mol. The maximum Gasteiger partial charge on any atom is 0.422 e. The normalized spacial score (nSPS) is 13.3. The highest BCUT2D eigenvalue weighted by atomic mass is 35.5. The predicted octanol–water partition coefficient (Wildman–Crippen LogP) is 6.01. The van der Waals surface area contributed by atoms with Crippen molar-refractivity contribution in [2.75, 3.05) is 35.6 Å². The van der Waals surface area contributed by atoms with E-state index >= 15 is 0 Å². The zero-order valence-electron chi connectivity index (χ0n) is 29.6. The van der Waals surface area contributed by atoms with Crippen molar-refractivity contribution in [3.63, 3.8) is 0 Å². The molecule has 3 amide bonds. The molecule has 286 valence electrons. The van der Waals surface area contributed by atoms with E-state index in [1.54, 1.807) is 83.8 Å². The van der Waals surface area contributed by atoms with Gasteiger partial charge in [-0.15, -0.1) is 0 Å². The zero-order chi connectivity index (χ0) is 39.2. The summed E-state index contributed by atoms with van der Waals surface area (Å²) >= 11 is 6.04. The summed E-state index contributed by atoms with van der Waals surface area (Å²) in [5, 5.41) is 18.9. The minimum atomic E-state index is -4.61. The van der Waals surface area contributed by atoms with Gasteiger partial charge >= 0.3 is 24.0 Å². The van der Waals surface area contributed by atoms with Crippen LogP contribution in [0.25, 0.3) is 5.69 Å². The lowest BCUT2D eigenvalue weighted by molar-refractivity contribution is -0.154. The van der Waals surface area contributed by atoms with E-state index in [1.165, 1.54) is 0 Å². The van der Waals surface area contributed by atoms with Gasteiger partial charge in [-0.25, -0.2) is 4.68 Å². The summed E-state index contributed by atoms with van der Waals surface area (Å²) in [6.07, 6.45) is 0.167. The first-order valence-electron chi connectivity index (χ1n) is 17.0. The molecule has 14 nitrogen and oxygen atoms in total. The molecule has 0 bridgehead atoms. The van der Waals surface area contributed by atoms with E-state index in [2.05, 4.69) is 46.6 Å². The molecule has 55 heavy (non-hydrogen) atoms. The van der Waals surface area contributed by atoms with Crippen LogP contribution in [-0.2, 0) is 15.1 Å². The molecule has 0 unspecified atom stereocenters. The highest BCUT2D eigenvalue weighted by Crippen LogP contribution is 2.48. The van der Waals surface area contributed by atoms with Gasteiger partial charge in [-0.05, 0) is 78.4 Å². The Balaban J connectivity index is 1.03. The number of benzene rings is 3. The molecule has 1 aliphatic rings. The molecule has 2 aromatic heterocycles. The molecule has 5 N–H and O–H groups in total. The molecule has 1 aliphatic carbocycles. The molecule has 0 spiro atoms. The van der Waals surface area contributed by atoms with Crippen molar-refractivity contribution in [1.29, 1.82) is 0 Å². The van der Waals surface area contributed by atoms with Crippen LogP contribution in [0.5, 0.6) is 6.01 Å². The van der Waals surface area contributed by atoms with E-state index in [-0.39, 0.29) is 25.0 Å². The van der Waals surface area contributed by atoms with Gasteiger partial charge in [-0.1, -0.05) is 49.7 Å². The third kappa shape index (κ3) is 10.5. The Labute approximate surface area is 318 Å². The van der Waals surface area contributed by atoms with Crippen molar-refractivity contribution in [1.82, 2.24) is 35.4 Å². The molecule has 0 aliphatic heterocycles. The van der Waals surface area contributed by atoms with Crippen molar-refractivity contribution in [3.05, 3.63) is 107 Å². The first kappa shape index (κ1) is 38.5. The fraction of sp³-hybridized carbons (Fsp3) is 0.270. The topological polar surface area (TPSA) is 177 Å². The summed E-state index contributed by atoms with van der Waals surface area (Å²) in [5.41, 5.74) is 1.50. The molecule has 5 aromatic rings. The number of amides is 3. The third-order valence-corrected chi connectivity index (χ3v) is 8.70. The Bertz CT molecular complexity index is 2140. The number of alkyl halides is 3. The van der Waals surface area contributed by atoms with Crippen molar-refractivity contribution < 1.29 is 32.3 Å². The number of hydrogen-bond acceptors (Lipinski definition) is 10. The Hall–Kier alpha value is -6.23. The van der Waals surface area contributed by atoms with E-state index in [0.29, 0.717) is 27.6 Å². The lowest BCUT2D eigenvalue weighted by Gasteiger charge is -2.25. The third-order valence-electron chi connectivity index (χ3n) is 8.45. The Morgan fingerprint density at radius 3 is 2.22 bits per heavy atom. The molecular formula is C37H36ClF3N10O4. The Morgan fingerprint density at radius 2 is 1.55 bits per heavy atom. The van der Waals surface area contributed by atoms with E-state index in [1.807, 2.05) is 26.0 Å². The number of ether oxygens (including phenoxy) is 1. The van der Waals surface area contributed by atoms with Gasteiger partial charge in [0.2, 0.25) is 11.9 Å². The minimum Gasteiger partial charge on any atom is -0.454 e. The summed E-state index contributed by atoms with van der Waals surface area (Å²) in [7, 11) is 0. The summed E-state index contributed by atoms with van der Waals surface area (Å²) < 4.78 is 45.3. The summed E-state index contributed by atoms with van der Waals surface area (Å²) in [4.78, 5) is 50.8. The lowest BCUT2D eigenvalue weighted by Crippen LogP contribution is -2.45. The molecule has 0 radical (unpaired) electrons. The fourth-order valence-corrected chi connectivity index (χ4v) is 5.49. The maximum atomic E-state index is 13.0. The quantitative estimate of drug-likeness (QED) is 0.0840. The van der Waals surface area contributed by atoms with Gasteiger partial charge < -0.3 is 31.3 Å². The average Bonchev–Trinajstić information content (AvgIpc) is 3.71. The van der Waals surface area contributed by atoms with Gasteiger partial charge in [-0.2, -0.15) is 33.2 Å². The van der Waals surface area contributed by atoms with Crippen molar-refractivity contribution >= 4 is 52.6 Å². The highest BCUT2D eigenvalue weighted by molar-refractivity contribution is 6.39. The zero-order valence-corrected chi connectivity index (χ0v) is 30.3. The summed E-state index contributed by atoms with van der Waals surface area (Å²) in [6.45, 7) is 2.28. The number of aromatic nitrogens is 5. The van der Waals surface area contributed by atoms with Gasteiger partial charge in [0.25, 0.3) is 5.91 Å². The number of rotatable bonds is 14. The van der Waals surface area contributed by atoms with E-state index in [9.17, 15) is 27.6 Å². The van der Waals surface area contributed by atoms with Crippen LogP contribution >= 0.6 is 11.6 Å². The van der Waals surface area contributed by atoms with Crippen LogP contribution in [0, 0.1) is 5.41 Å². The second-order valence-corrected chi connectivity index (χ2v) is 14.0. The first-order valence-corrected chi connectivity index (χ1v) is 17.4. The van der Waals surface area contributed by atoms with Crippen LogP contribution in [0.2, 0.25) is 5.02 Å². The number of carbonyl (C=O) groups is 3. The first-order chi connectivity index (χ1) is 26.2. The van der Waals surface area contributed by atoms with Crippen LogP contribution in [0.1, 0.15) is 42.6 Å². The van der Waals surface area contributed by atoms with Crippen molar-refractivity contribution in [2.45, 2.75) is 38.4 Å². The molecule has 0 atom stereocenters. The van der Waals surface area contributed by atoms with Crippen LogP contribution in [-0.4, -0.2) is 68.3 Å². The summed E-state index contributed by atoms with van der Waals surface area (Å²) in [6, 6.07) is 21.6.